The van der Waals surface area contributed by atoms with Gasteiger partial charge in [0.15, 0.2) is 0 Å². The molecule has 3 unspecified atom stereocenters. The third kappa shape index (κ3) is 3.64. The SMILES string of the molecule is CNC(Cc1ccc(F)cc1C)C1(OC)CCCC(C)C1. The van der Waals surface area contributed by atoms with Crippen molar-refractivity contribution in [2.45, 2.75) is 57.6 Å². The number of halogens is 1. The van der Waals surface area contributed by atoms with Crippen LogP contribution in [0.15, 0.2) is 18.2 Å². The Balaban J connectivity index is 2.21. The predicted molar refractivity (Wildman–Crippen MR) is 85.1 cm³/mol. The molecule has 1 aromatic carbocycles. The molecule has 118 valence electrons. The summed E-state index contributed by atoms with van der Waals surface area (Å²) in [6, 6.07) is 5.34. The molecule has 1 fully saturated rings. The van der Waals surface area contributed by atoms with Gasteiger partial charge in [0.05, 0.1) is 5.60 Å². The maximum Gasteiger partial charge on any atom is 0.123 e. The van der Waals surface area contributed by atoms with Gasteiger partial charge in [-0.1, -0.05) is 25.8 Å². The highest BCUT2D eigenvalue weighted by Crippen LogP contribution is 2.38. The third-order valence-electron chi connectivity index (χ3n) is 5.11. The molecule has 21 heavy (non-hydrogen) atoms. The molecule has 1 N–H and O–H groups in total. The fourth-order valence-corrected chi connectivity index (χ4v) is 3.85. The van der Waals surface area contributed by atoms with Gasteiger partial charge in [-0.05, 0) is 62.4 Å². The highest BCUT2D eigenvalue weighted by molar-refractivity contribution is 5.28. The van der Waals surface area contributed by atoms with Crippen LogP contribution in [0.4, 0.5) is 4.39 Å². The van der Waals surface area contributed by atoms with Crippen molar-refractivity contribution in [3.8, 4) is 0 Å². The first-order valence-electron chi connectivity index (χ1n) is 7.98. The van der Waals surface area contributed by atoms with Gasteiger partial charge in [0, 0.05) is 13.2 Å². The Labute approximate surface area is 128 Å². The summed E-state index contributed by atoms with van der Waals surface area (Å²) in [5.41, 5.74) is 2.11. The van der Waals surface area contributed by atoms with Crippen LogP contribution in [0.25, 0.3) is 0 Å². The molecule has 2 rings (SSSR count). The van der Waals surface area contributed by atoms with Crippen molar-refractivity contribution in [1.82, 2.24) is 5.32 Å². The molecule has 1 saturated carbocycles. The second kappa shape index (κ2) is 6.89. The van der Waals surface area contributed by atoms with Crippen molar-refractivity contribution in [2.24, 2.45) is 5.92 Å². The van der Waals surface area contributed by atoms with Crippen LogP contribution in [0.3, 0.4) is 0 Å². The molecule has 1 aliphatic rings. The third-order valence-corrected chi connectivity index (χ3v) is 5.11. The van der Waals surface area contributed by atoms with E-state index in [1.165, 1.54) is 18.4 Å². The Kier molecular flexibility index (Phi) is 5.39. The number of hydrogen-bond donors (Lipinski definition) is 1. The van der Waals surface area contributed by atoms with Crippen molar-refractivity contribution < 1.29 is 9.13 Å². The quantitative estimate of drug-likeness (QED) is 0.890. The first-order valence-corrected chi connectivity index (χ1v) is 7.98. The molecule has 0 saturated heterocycles. The van der Waals surface area contributed by atoms with E-state index in [1.807, 2.05) is 27.1 Å². The number of ether oxygens (including phenoxy) is 1. The molecular weight excluding hydrogens is 265 g/mol. The molecule has 0 aromatic heterocycles. The molecule has 1 aromatic rings. The monoisotopic (exact) mass is 293 g/mol. The summed E-state index contributed by atoms with van der Waals surface area (Å²) in [6.07, 6.45) is 5.57. The number of aryl methyl sites for hydroxylation is 1. The Bertz CT molecular complexity index is 476. The van der Waals surface area contributed by atoms with Gasteiger partial charge in [-0.15, -0.1) is 0 Å². The van der Waals surface area contributed by atoms with Crippen LogP contribution >= 0.6 is 0 Å². The second-order valence-electron chi connectivity index (χ2n) is 6.59. The van der Waals surface area contributed by atoms with E-state index in [0.717, 1.165) is 24.8 Å². The second-order valence-corrected chi connectivity index (χ2v) is 6.59. The minimum absolute atomic E-state index is 0.104. The van der Waals surface area contributed by atoms with E-state index < -0.39 is 0 Å². The van der Waals surface area contributed by atoms with E-state index in [0.29, 0.717) is 5.92 Å². The van der Waals surface area contributed by atoms with E-state index in [1.54, 1.807) is 12.1 Å². The Morgan fingerprint density at radius 1 is 1.48 bits per heavy atom. The van der Waals surface area contributed by atoms with Crippen LogP contribution < -0.4 is 5.32 Å². The molecule has 0 heterocycles. The molecule has 0 bridgehead atoms. The van der Waals surface area contributed by atoms with Crippen LogP contribution in [-0.2, 0) is 11.2 Å². The molecule has 1 aliphatic carbocycles. The average molecular weight is 293 g/mol. The highest BCUT2D eigenvalue weighted by atomic mass is 19.1. The lowest BCUT2D eigenvalue weighted by Crippen LogP contribution is -2.54. The zero-order valence-electron chi connectivity index (χ0n) is 13.7. The fraction of sp³-hybridized carbons (Fsp3) is 0.667. The van der Waals surface area contributed by atoms with Gasteiger partial charge in [-0.2, -0.15) is 0 Å². The smallest absolute Gasteiger partial charge is 0.123 e. The minimum Gasteiger partial charge on any atom is -0.377 e. The number of methoxy groups -OCH3 is 1. The fourth-order valence-electron chi connectivity index (χ4n) is 3.85. The van der Waals surface area contributed by atoms with Gasteiger partial charge in [0.1, 0.15) is 5.82 Å². The normalized spacial score (nSPS) is 27.6. The molecule has 0 spiro atoms. The molecule has 0 amide bonds. The van der Waals surface area contributed by atoms with E-state index >= 15 is 0 Å². The topological polar surface area (TPSA) is 21.3 Å². The van der Waals surface area contributed by atoms with Crippen LogP contribution in [0.2, 0.25) is 0 Å². The summed E-state index contributed by atoms with van der Waals surface area (Å²) in [6.45, 7) is 4.29. The van der Waals surface area contributed by atoms with E-state index in [2.05, 4.69) is 12.2 Å². The summed E-state index contributed by atoms with van der Waals surface area (Å²) < 4.78 is 19.3. The minimum atomic E-state index is -0.162. The van der Waals surface area contributed by atoms with E-state index in [4.69, 9.17) is 4.74 Å². The van der Waals surface area contributed by atoms with Crippen LogP contribution in [0, 0.1) is 18.7 Å². The van der Waals surface area contributed by atoms with Crippen molar-refractivity contribution in [1.29, 1.82) is 0 Å². The van der Waals surface area contributed by atoms with Crippen LogP contribution in [0.5, 0.6) is 0 Å². The number of hydrogen-bond acceptors (Lipinski definition) is 2. The first kappa shape index (κ1) is 16.4. The standard InChI is InChI=1S/C18H28FNO/c1-13-6-5-9-18(12-13,21-4)17(20-3)11-15-7-8-16(19)10-14(15)2/h7-8,10,13,17,20H,5-6,9,11-12H2,1-4H3. The Hall–Kier alpha value is -0.930. The van der Waals surface area contributed by atoms with Crippen molar-refractivity contribution >= 4 is 0 Å². The lowest BCUT2D eigenvalue weighted by Gasteiger charge is -2.44. The number of likely N-dealkylation sites (N-methyl/N-ethyl adjacent to an activating group) is 1. The number of nitrogens with one attached hydrogen (secondary N) is 1. The molecule has 2 nitrogen and oxygen atoms in total. The van der Waals surface area contributed by atoms with Crippen molar-refractivity contribution in [3.63, 3.8) is 0 Å². The Morgan fingerprint density at radius 2 is 2.24 bits per heavy atom. The molecular formula is C18H28FNO. The molecule has 0 aliphatic heterocycles. The van der Waals surface area contributed by atoms with Crippen molar-refractivity contribution in [3.05, 3.63) is 35.1 Å². The first-order chi connectivity index (χ1) is 10.0. The summed E-state index contributed by atoms with van der Waals surface area (Å²) in [7, 11) is 3.84. The highest BCUT2D eigenvalue weighted by Gasteiger charge is 2.41. The summed E-state index contributed by atoms with van der Waals surface area (Å²) in [5, 5.41) is 3.46. The lowest BCUT2D eigenvalue weighted by molar-refractivity contribution is -0.0775. The van der Waals surface area contributed by atoms with Gasteiger partial charge >= 0.3 is 0 Å². The summed E-state index contributed by atoms with van der Waals surface area (Å²) in [4.78, 5) is 0. The summed E-state index contributed by atoms with van der Waals surface area (Å²) >= 11 is 0. The zero-order chi connectivity index (χ0) is 15.5. The zero-order valence-corrected chi connectivity index (χ0v) is 13.7. The van der Waals surface area contributed by atoms with E-state index in [9.17, 15) is 4.39 Å². The van der Waals surface area contributed by atoms with E-state index in [-0.39, 0.29) is 17.5 Å². The van der Waals surface area contributed by atoms with Crippen LogP contribution in [0.1, 0.15) is 43.7 Å². The maximum absolute atomic E-state index is 13.3. The van der Waals surface area contributed by atoms with Crippen molar-refractivity contribution in [2.75, 3.05) is 14.2 Å². The van der Waals surface area contributed by atoms with Crippen LogP contribution in [-0.4, -0.2) is 25.8 Å². The average Bonchev–Trinajstić information content (AvgIpc) is 2.46. The largest absolute Gasteiger partial charge is 0.377 e. The van der Waals surface area contributed by atoms with Gasteiger partial charge < -0.3 is 10.1 Å². The number of benzene rings is 1. The number of rotatable bonds is 5. The van der Waals surface area contributed by atoms with Gasteiger partial charge in [-0.25, -0.2) is 4.39 Å². The summed E-state index contributed by atoms with van der Waals surface area (Å²) in [5.74, 6) is 0.536. The molecule has 3 atom stereocenters. The molecule has 0 radical (unpaired) electrons. The lowest BCUT2D eigenvalue weighted by atomic mass is 9.73. The van der Waals surface area contributed by atoms with Gasteiger partial charge in [0.2, 0.25) is 0 Å². The Morgan fingerprint density at radius 3 is 2.81 bits per heavy atom. The molecule has 3 heteroatoms. The van der Waals surface area contributed by atoms with Gasteiger partial charge in [0.25, 0.3) is 0 Å². The maximum atomic E-state index is 13.3. The predicted octanol–water partition coefficient (Wildman–Crippen LogP) is 3.86. The van der Waals surface area contributed by atoms with Gasteiger partial charge in [-0.3, -0.25) is 0 Å².